The zero-order valence-electron chi connectivity index (χ0n) is 17.1. The molecule has 2 aliphatic rings. The van der Waals surface area contributed by atoms with E-state index in [0.29, 0.717) is 31.7 Å². The zero-order valence-corrected chi connectivity index (χ0v) is 17.1. The largest absolute Gasteiger partial charge is 0.383 e. The molecule has 1 heterocycles. The summed E-state index contributed by atoms with van der Waals surface area (Å²) < 4.78 is 4.96. The van der Waals surface area contributed by atoms with Gasteiger partial charge in [0.2, 0.25) is 5.91 Å². The molecule has 0 radical (unpaired) electrons. The third-order valence-corrected chi connectivity index (χ3v) is 5.31. The fourth-order valence-corrected chi connectivity index (χ4v) is 3.64. The van der Waals surface area contributed by atoms with E-state index in [1.165, 1.54) is 5.56 Å². The van der Waals surface area contributed by atoms with Crippen LogP contribution in [-0.2, 0) is 9.53 Å². The number of guanidine groups is 1. The Bertz CT molecular complexity index is 643. The summed E-state index contributed by atoms with van der Waals surface area (Å²) in [5.41, 5.74) is 1.40. The molecule has 1 aromatic carbocycles. The van der Waals surface area contributed by atoms with E-state index in [1.807, 2.05) is 0 Å². The van der Waals surface area contributed by atoms with Crippen molar-refractivity contribution in [2.24, 2.45) is 4.99 Å². The Kier molecular flexibility index (Phi) is 7.68. The highest BCUT2D eigenvalue weighted by Gasteiger charge is 2.39. The molecule has 2 fully saturated rings. The van der Waals surface area contributed by atoms with Crippen LogP contribution in [0.2, 0.25) is 0 Å². The average Bonchev–Trinajstić information content (AvgIpc) is 3.48. The molecule has 0 spiro atoms. The molecular weight excluding hydrogens is 354 g/mol. The summed E-state index contributed by atoms with van der Waals surface area (Å²) in [6.07, 6.45) is 1.16. The van der Waals surface area contributed by atoms with Gasteiger partial charge in [0.15, 0.2) is 5.96 Å². The number of rotatable bonds is 8. The lowest BCUT2D eigenvalue weighted by Gasteiger charge is -2.36. The topological polar surface area (TPSA) is 69.2 Å². The van der Waals surface area contributed by atoms with Crippen LogP contribution in [0.1, 0.15) is 24.8 Å². The predicted molar refractivity (Wildman–Crippen MR) is 112 cm³/mol. The maximum absolute atomic E-state index is 12.0. The van der Waals surface area contributed by atoms with E-state index in [2.05, 4.69) is 57.7 Å². The summed E-state index contributed by atoms with van der Waals surface area (Å²) in [4.78, 5) is 21.2. The Morgan fingerprint density at radius 3 is 2.64 bits per heavy atom. The first-order chi connectivity index (χ1) is 13.7. The van der Waals surface area contributed by atoms with E-state index in [-0.39, 0.29) is 5.91 Å². The third kappa shape index (κ3) is 5.94. The van der Waals surface area contributed by atoms with Gasteiger partial charge in [-0.2, -0.15) is 0 Å². The molecular formula is C21H33N5O2. The van der Waals surface area contributed by atoms with Gasteiger partial charge in [-0.05, 0) is 18.9 Å². The number of hydrogen-bond acceptors (Lipinski definition) is 4. The number of nitrogens with one attached hydrogen (secondary N) is 2. The van der Waals surface area contributed by atoms with Crippen LogP contribution in [0.15, 0.2) is 35.3 Å². The first-order valence-electron chi connectivity index (χ1n) is 10.3. The molecule has 1 aromatic rings. The predicted octanol–water partition coefficient (Wildman–Crippen LogP) is 0.888. The normalized spacial score (nSPS) is 22.8. The lowest BCUT2D eigenvalue weighted by Crippen LogP contribution is -2.54. The van der Waals surface area contributed by atoms with Crippen LogP contribution < -0.4 is 10.6 Å². The van der Waals surface area contributed by atoms with Crippen LogP contribution in [0.3, 0.4) is 0 Å². The number of ether oxygens (including phenoxy) is 1. The molecule has 1 aliphatic heterocycles. The number of methoxy groups -OCH3 is 1. The number of amides is 1. The van der Waals surface area contributed by atoms with Gasteiger partial charge >= 0.3 is 0 Å². The van der Waals surface area contributed by atoms with Gasteiger partial charge in [0, 0.05) is 58.3 Å². The molecule has 2 atom stereocenters. The molecule has 7 heteroatoms. The maximum atomic E-state index is 12.0. The molecule has 28 heavy (non-hydrogen) atoms. The van der Waals surface area contributed by atoms with Crippen molar-refractivity contribution in [3.63, 3.8) is 0 Å². The molecule has 1 saturated heterocycles. The van der Waals surface area contributed by atoms with E-state index < -0.39 is 0 Å². The minimum atomic E-state index is 0.0646. The second-order valence-electron chi connectivity index (χ2n) is 7.41. The molecule has 2 N–H and O–H groups in total. The Labute approximate surface area is 168 Å². The third-order valence-electron chi connectivity index (χ3n) is 5.31. The Morgan fingerprint density at radius 2 is 1.96 bits per heavy atom. The number of carbonyl (C=O) groups excluding carboxylic acids is 1. The molecule has 2 unspecified atom stereocenters. The van der Waals surface area contributed by atoms with E-state index in [9.17, 15) is 4.79 Å². The van der Waals surface area contributed by atoms with Crippen molar-refractivity contribution in [1.82, 2.24) is 20.4 Å². The SMILES string of the molecule is CCN=C(NC1CC1c1ccccc1)N1CCN(CC(=O)NCCOC)CC1. The fraction of sp³-hybridized carbons (Fsp3) is 0.619. The minimum absolute atomic E-state index is 0.0646. The molecule has 7 nitrogen and oxygen atoms in total. The van der Waals surface area contributed by atoms with Crippen molar-refractivity contribution < 1.29 is 9.53 Å². The summed E-state index contributed by atoms with van der Waals surface area (Å²) in [5.74, 6) is 1.66. The first-order valence-corrected chi connectivity index (χ1v) is 10.3. The van der Waals surface area contributed by atoms with Gasteiger partial charge in [-0.15, -0.1) is 0 Å². The molecule has 0 bridgehead atoms. The maximum Gasteiger partial charge on any atom is 0.234 e. The highest BCUT2D eigenvalue weighted by atomic mass is 16.5. The summed E-state index contributed by atoms with van der Waals surface area (Å²) in [7, 11) is 1.64. The minimum Gasteiger partial charge on any atom is -0.383 e. The van der Waals surface area contributed by atoms with E-state index >= 15 is 0 Å². The molecule has 1 amide bonds. The second kappa shape index (κ2) is 10.4. The van der Waals surface area contributed by atoms with Crippen molar-refractivity contribution in [3.8, 4) is 0 Å². The number of hydrogen-bond donors (Lipinski definition) is 2. The number of piperazine rings is 1. The van der Waals surface area contributed by atoms with Crippen LogP contribution in [0.4, 0.5) is 0 Å². The first kappa shape index (κ1) is 20.6. The number of carbonyl (C=O) groups is 1. The standard InChI is InChI=1S/C21H33N5O2/c1-3-22-21(24-19-15-18(19)17-7-5-4-6-8-17)26-12-10-25(11-13-26)16-20(27)23-9-14-28-2/h4-8,18-19H,3,9-16H2,1-2H3,(H,22,24)(H,23,27). The van der Waals surface area contributed by atoms with Crippen LogP contribution in [-0.4, -0.2) is 87.2 Å². The zero-order chi connectivity index (χ0) is 19.8. The van der Waals surface area contributed by atoms with Gasteiger partial charge in [0.05, 0.1) is 13.2 Å². The van der Waals surface area contributed by atoms with Gasteiger partial charge in [0.25, 0.3) is 0 Å². The second-order valence-corrected chi connectivity index (χ2v) is 7.41. The summed E-state index contributed by atoms with van der Waals surface area (Å²) in [6, 6.07) is 11.2. The van der Waals surface area contributed by atoms with E-state index in [0.717, 1.165) is 45.1 Å². The number of nitrogens with zero attached hydrogens (tertiary/aromatic N) is 3. The Hall–Kier alpha value is -2.12. The highest BCUT2D eigenvalue weighted by Crippen LogP contribution is 2.40. The Morgan fingerprint density at radius 1 is 1.21 bits per heavy atom. The van der Waals surface area contributed by atoms with Crippen LogP contribution in [0, 0.1) is 0 Å². The van der Waals surface area contributed by atoms with Gasteiger partial charge in [-0.1, -0.05) is 30.3 Å². The summed E-state index contributed by atoms with van der Waals surface area (Å²) in [6.45, 7) is 7.92. The average molecular weight is 388 g/mol. The fourth-order valence-electron chi connectivity index (χ4n) is 3.64. The van der Waals surface area contributed by atoms with Crippen molar-refractivity contribution in [3.05, 3.63) is 35.9 Å². The van der Waals surface area contributed by atoms with Crippen LogP contribution >= 0.6 is 0 Å². The lowest BCUT2D eigenvalue weighted by atomic mass is 10.1. The van der Waals surface area contributed by atoms with Crippen molar-refractivity contribution >= 4 is 11.9 Å². The highest BCUT2D eigenvalue weighted by molar-refractivity contribution is 5.81. The van der Waals surface area contributed by atoms with Crippen molar-refractivity contribution in [2.45, 2.75) is 25.3 Å². The summed E-state index contributed by atoms with van der Waals surface area (Å²) in [5, 5.41) is 6.55. The van der Waals surface area contributed by atoms with Gasteiger partial charge in [-0.25, -0.2) is 0 Å². The van der Waals surface area contributed by atoms with Gasteiger partial charge in [0.1, 0.15) is 0 Å². The summed E-state index contributed by atoms with van der Waals surface area (Å²) >= 11 is 0. The van der Waals surface area contributed by atoms with E-state index in [4.69, 9.17) is 9.73 Å². The van der Waals surface area contributed by atoms with Crippen LogP contribution in [0.25, 0.3) is 0 Å². The number of aliphatic imine (C=N–C) groups is 1. The monoisotopic (exact) mass is 387 g/mol. The smallest absolute Gasteiger partial charge is 0.234 e. The van der Waals surface area contributed by atoms with Gasteiger partial charge < -0.3 is 20.3 Å². The quantitative estimate of drug-likeness (QED) is 0.394. The molecule has 3 rings (SSSR count). The Balaban J connectivity index is 1.44. The van der Waals surface area contributed by atoms with Crippen molar-refractivity contribution in [1.29, 1.82) is 0 Å². The molecule has 0 aromatic heterocycles. The van der Waals surface area contributed by atoms with E-state index in [1.54, 1.807) is 7.11 Å². The molecule has 154 valence electrons. The number of benzene rings is 1. The molecule has 1 saturated carbocycles. The van der Waals surface area contributed by atoms with Gasteiger partial charge in [-0.3, -0.25) is 14.7 Å². The molecule has 1 aliphatic carbocycles. The van der Waals surface area contributed by atoms with Crippen LogP contribution in [0.5, 0.6) is 0 Å². The van der Waals surface area contributed by atoms with Crippen molar-refractivity contribution in [2.75, 3.05) is 59.5 Å². The lowest BCUT2D eigenvalue weighted by molar-refractivity contribution is -0.122.